The number of sulfonamides is 1. The van der Waals surface area contributed by atoms with Gasteiger partial charge in [0, 0.05) is 12.6 Å². The van der Waals surface area contributed by atoms with E-state index in [1.54, 1.807) is 26.0 Å². The van der Waals surface area contributed by atoms with Crippen molar-refractivity contribution in [1.29, 1.82) is 0 Å². The molecule has 1 aromatic rings. The zero-order valence-corrected chi connectivity index (χ0v) is 13.0. The molecule has 4 N–H and O–H groups in total. The number of primary sulfonamides is 1. The van der Waals surface area contributed by atoms with Gasteiger partial charge >= 0.3 is 0 Å². The molecule has 9 heteroatoms. The van der Waals surface area contributed by atoms with Crippen molar-refractivity contribution in [2.24, 2.45) is 5.14 Å². The predicted molar refractivity (Wildman–Crippen MR) is 76.7 cm³/mol. The van der Waals surface area contributed by atoms with E-state index in [1.807, 2.05) is 0 Å². The van der Waals surface area contributed by atoms with E-state index in [1.165, 1.54) is 12.1 Å². The highest BCUT2D eigenvalue weighted by molar-refractivity contribution is 7.89. The van der Waals surface area contributed by atoms with Crippen LogP contribution in [0.5, 0.6) is 0 Å². The van der Waals surface area contributed by atoms with Gasteiger partial charge in [0.2, 0.25) is 10.0 Å². The zero-order chi connectivity index (χ0) is 15.4. The average Bonchev–Trinajstić information content (AvgIpc) is 2.26. The number of nitrogens with one attached hydrogen (secondary N) is 2. The van der Waals surface area contributed by atoms with Crippen molar-refractivity contribution < 1.29 is 16.8 Å². The highest BCUT2D eigenvalue weighted by Crippen LogP contribution is 2.08. The zero-order valence-electron chi connectivity index (χ0n) is 11.3. The molecule has 0 bridgehead atoms. The molecule has 0 aliphatic heterocycles. The van der Waals surface area contributed by atoms with Gasteiger partial charge in [0.05, 0.1) is 4.90 Å². The summed E-state index contributed by atoms with van der Waals surface area (Å²) in [6.45, 7) is 3.67. The third kappa shape index (κ3) is 5.97. The first-order valence-electron chi connectivity index (χ1n) is 5.99. The van der Waals surface area contributed by atoms with Crippen LogP contribution in [0.15, 0.2) is 29.2 Å². The molecule has 0 fully saturated rings. The Morgan fingerprint density at radius 2 is 1.65 bits per heavy atom. The largest absolute Gasteiger partial charge is 0.277 e. The van der Waals surface area contributed by atoms with E-state index in [0.717, 1.165) is 5.56 Å². The van der Waals surface area contributed by atoms with E-state index < -0.39 is 20.2 Å². The molecule has 0 heterocycles. The molecule has 1 rings (SSSR count). The molecule has 0 saturated heterocycles. The maximum Gasteiger partial charge on any atom is 0.277 e. The van der Waals surface area contributed by atoms with E-state index in [-0.39, 0.29) is 17.5 Å². The van der Waals surface area contributed by atoms with Crippen LogP contribution in [-0.2, 0) is 26.7 Å². The predicted octanol–water partition coefficient (Wildman–Crippen LogP) is -0.291. The van der Waals surface area contributed by atoms with Gasteiger partial charge < -0.3 is 0 Å². The van der Waals surface area contributed by atoms with Gasteiger partial charge in [0.25, 0.3) is 10.2 Å². The second-order valence-corrected chi connectivity index (χ2v) is 7.70. The molecule has 20 heavy (non-hydrogen) atoms. The Bertz CT molecular complexity index is 637. The van der Waals surface area contributed by atoms with Crippen LogP contribution in [0, 0.1) is 0 Å². The lowest BCUT2D eigenvalue weighted by Gasteiger charge is -2.10. The third-order valence-electron chi connectivity index (χ3n) is 2.35. The number of hydrogen-bond acceptors (Lipinski definition) is 4. The molecule has 114 valence electrons. The second kappa shape index (κ2) is 6.64. The topological polar surface area (TPSA) is 118 Å². The Kier molecular flexibility index (Phi) is 5.66. The van der Waals surface area contributed by atoms with Crippen LogP contribution in [0.3, 0.4) is 0 Å². The summed E-state index contributed by atoms with van der Waals surface area (Å²) in [6.07, 6.45) is 0.448. The molecule has 1 aromatic carbocycles. The van der Waals surface area contributed by atoms with Crippen LogP contribution >= 0.6 is 0 Å². The minimum absolute atomic E-state index is 0.0308. The SMILES string of the molecule is CC(C)NS(=O)(=O)NCCc1ccc(S(N)(=O)=O)cc1. The van der Waals surface area contributed by atoms with Crippen molar-refractivity contribution in [2.45, 2.75) is 31.2 Å². The van der Waals surface area contributed by atoms with Crippen LogP contribution in [0.1, 0.15) is 19.4 Å². The van der Waals surface area contributed by atoms with Gasteiger partial charge in [-0.3, -0.25) is 0 Å². The summed E-state index contributed by atoms with van der Waals surface area (Å²) >= 11 is 0. The van der Waals surface area contributed by atoms with Gasteiger partial charge in [-0.25, -0.2) is 18.3 Å². The molecule has 0 radical (unpaired) electrons. The normalized spacial score (nSPS) is 12.8. The monoisotopic (exact) mass is 321 g/mol. The fourth-order valence-electron chi connectivity index (χ4n) is 1.53. The van der Waals surface area contributed by atoms with Crippen LogP contribution in [0.25, 0.3) is 0 Å². The summed E-state index contributed by atoms with van der Waals surface area (Å²) < 4.78 is 49.9. The summed E-state index contributed by atoms with van der Waals surface area (Å²) in [5.41, 5.74) is 0.810. The fraction of sp³-hybridized carbons (Fsp3) is 0.455. The van der Waals surface area contributed by atoms with E-state index in [9.17, 15) is 16.8 Å². The van der Waals surface area contributed by atoms with Gasteiger partial charge in [0.1, 0.15) is 0 Å². The van der Waals surface area contributed by atoms with E-state index in [0.29, 0.717) is 6.42 Å². The maximum atomic E-state index is 11.5. The number of rotatable bonds is 7. The molecule has 0 amide bonds. The first kappa shape index (κ1) is 17.1. The molecule has 7 nitrogen and oxygen atoms in total. The quantitative estimate of drug-likeness (QED) is 0.639. The Morgan fingerprint density at radius 1 is 1.10 bits per heavy atom. The lowest BCUT2D eigenvalue weighted by molar-refractivity contribution is 0.555. The van der Waals surface area contributed by atoms with Gasteiger partial charge in [-0.2, -0.15) is 13.1 Å². The summed E-state index contributed by atoms with van der Waals surface area (Å²) in [7, 11) is -7.20. The van der Waals surface area contributed by atoms with Crippen molar-refractivity contribution in [3.05, 3.63) is 29.8 Å². The first-order valence-corrected chi connectivity index (χ1v) is 9.02. The van der Waals surface area contributed by atoms with Crippen molar-refractivity contribution in [3.8, 4) is 0 Å². The minimum atomic E-state index is -3.70. The summed E-state index contributed by atoms with van der Waals surface area (Å²) in [6, 6.07) is 5.81. The Balaban J connectivity index is 2.55. The minimum Gasteiger partial charge on any atom is -0.225 e. The molecule has 0 aromatic heterocycles. The Hall–Kier alpha value is -1.00. The first-order chi connectivity index (χ1) is 9.10. The van der Waals surface area contributed by atoms with Crippen LogP contribution < -0.4 is 14.6 Å². The van der Waals surface area contributed by atoms with Gasteiger partial charge in [0.15, 0.2) is 0 Å². The smallest absolute Gasteiger partial charge is 0.225 e. The van der Waals surface area contributed by atoms with Crippen LogP contribution in [-0.4, -0.2) is 29.4 Å². The molecule has 0 spiro atoms. The maximum absolute atomic E-state index is 11.5. The van der Waals surface area contributed by atoms with Crippen LogP contribution in [0.4, 0.5) is 0 Å². The molecule has 0 atom stereocenters. The molecular weight excluding hydrogens is 302 g/mol. The second-order valence-electron chi connectivity index (χ2n) is 4.61. The van der Waals surface area contributed by atoms with Gasteiger partial charge in [-0.1, -0.05) is 12.1 Å². The fourth-order valence-corrected chi connectivity index (χ4v) is 3.12. The van der Waals surface area contributed by atoms with E-state index in [2.05, 4.69) is 9.44 Å². The average molecular weight is 321 g/mol. The Labute approximate surface area is 119 Å². The van der Waals surface area contributed by atoms with E-state index in [4.69, 9.17) is 5.14 Å². The van der Waals surface area contributed by atoms with Gasteiger partial charge in [-0.05, 0) is 38.0 Å². The van der Waals surface area contributed by atoms with Crippen molar-refractivity contribution >= 4 is 20.2 Å². The lowest BCUT2D eigenvalue weighted by Crippen LogP contribution is -2.41. The Morgan fingerprint density at radius 3 is 2.10 bits per heavy atom. The summed E-state index contributed by atoms with van der Waals surface area (Å²) in [5, 5.41) is 4.98. The van der Waals surface area contributed by atoms with Crippen molar-refractivity contribution in [3.63, 3.8) is 0 Å². The highest BCUT2D eigenvalue weighted by atomic mass is 32.2. The van der Waals surface area contributed by atoms with Crippen molar-refractivity contribution in [2.75, 3.05) is 6.54 Å². The lowest BCUT2D eigenvalue weighted by atomic mass is 10.2. The van der Waals surface area contributed by atoms with Crippen molar-refractivity contribution in [1.82, 2.24) is 9.44 Å². The molecule has 0 aliphatic rings. The molecule has 0 unspecified atom stereocenters. The molecular formula is C11H19N3O4S2. The number of hydrogen-bond donors (Lipinski definition) is 3. The number of nitrogens with two attached hydrogens (primary N) is 1. The highest BCUT2D eigenvalue weighted by Gasteiger charge is 2.10. The third-order valence-corrected chi connectivity index (χ3v) is 4.64. The van der Waals surface area contributed by atoms with E-state index >= 15 is 0 Å². The van der Waals surface area contributed by atoms with Crippen LogP contribution in [0.2, 0.25) is 0 Å². The standard InChI is InChI=1S/C11H19N3O4S2/c1-9(2)14-20(17,18)13-8-7-10-3-5-11(6-4-10)19(12,15)16/h3-6,9,13-14H,7-8H2,1-2H3,(H2,12,15,16). The number of benzene rings is 1. The molecule has 0 aliphatic carbocycles. The molecule has 0 saturated carbocycles. The summed E-state index contributed by atoms with van der Waals surface area (Å²) in [5.74, 6) is 0. The van der Waals surface area contributed by atoms with Gasteiger partial charge in [-0.15, -0.1) is 0 Å². The summed E-state index contributed by atoms with van der Waals surface area (Å²) in [4.78, 5) is 0.0308.